The molecule has 146 valence electrons. The lowest BCUT2D eigenvalue weighted by Crippen LogP contribution is -2.41. The summed E-state index contributed by atoms with van der Waals surface area (Å²) in [4.78, 5) is 29.5. The van der Waals surface area contributed by atoms with Gasteiger partial charge in [-0.1, -0.05) is 74.0 Å². The third-order valence-corrected chi connectivity index (χ3v) is 5.90. The van der Waals surface area contributed by atoms with Gasteiger partial charge in [0.25, 0.3) is 0 Å². The van der Waals surface area contributed by atoms with Crippen LogP contribution in [-0.4, -0.2) is 41.5 Å². The number of imide groups is 1. The summed E-state index contributed by atoms with van der Waals surface area (Å²) in [5, 5.41) is 0. The van der Waals surface area contributed by atoms with E-state index < -0.39 is 6.09 Å². The van der Waals surface area contributed by atoms with E-state index in [1.807, 2.05) is 48.5 Å². The lowest BCUT2D eigenvalue weighted by Gasteiger charge is -2.25. The maximum absolute atomic E-state index is 13.4. The van der Waals surface area contributed by atoms with Gasteiger partial charge >= 0.3 is 6.09 Å². The lowest BCUT2D eigenvalue weighted by molar-refractivity contribution is -0.134. The molecule has 5 nitrogen and oxygen atoms in total. The van der Waals surface area contributed by atoms with Gasteiger partial charge in [-0.05, 0) is 17.0 Å². The van der Waals surface area contributed by atoms with E-state index in [0.717, 1.165) is 25.1 Å². The number of nitrogens with zero attached hydrogens (tertiary/aromatic N) is 2. The van der Waals surface area contributed by atoms with Crippen molar-refractivity contribution < 1.29 is 14.3 Å². The first-order chi connectivity index (χ1) is 13.7. The summed E-state index contributed by atoms with van der Waals surface area (Å²) in [5.41, 5.74) is 2.18. The highest BCUT2D eigenvalue weighted by molar-refractivity contribution is 5.95. The number of rotatable bonds is 5. The quantitative estimate of drug-likeness (QED) is 0.793. The molecule has 0 radical (unpaired) electrons. The highest BCUT2D eigenvalue weighted by Gasteiger charge is 2.46. The molecule has 0 bridgehead atoms. The first kappa shape index (κ1) is 18.7. The molecule has 4 rings (SSSR count). The lowest BCUT2D eigenvalue weighted by atomic mass is 9.91. The van der Waals surface area contributed by atoms with E-state index >= 15 is 0 Å². The highest BCUT2D eigenvalue weighted by Crippen LogP contribution is 2.34. The van der Waals surface area contributed by atoms with Gasteiger partial charge in [-0.3, -0.25) is 9.69 Å². The fraction of sp³-hybridized carbons (Fsp3) is 0.391. The molecule has 1 unspecified atom stereocenters. The van der Waals surface area contributed by atoms with Crippen LogP contribution >= 0.6 is 0 Å². The first-order valence-corrected chi connectivity index (χ1v) is 9.98. The van der Waals surface area contributed by atoms with Crippen molar-refractivity contribution in [2.24, 2.45) is 11.8 Å². The summed E-state index contributed by atoms with van der Waals surface area (Å²) in [6, 6.07) is 19.6. The molecular weight excluding hydrogens is 352 g/mol. The molecule has 2 aliphatic rings. The standard InChI is InChI=1S/C23H26N2O3/c1-2-18-14-24(13-17-9-5-3-6-10-17)15-20(18)22(26)25-21(16-28-23(25)27)19-11-7-4-8-12-19/h3-12,18,20-21H,2,13-16H2,1H3/t18-,20-,21?/m1/s1. The third kappa shape index (κ3) is 3.67. The van der Waals surface area contributed by atoms with E-state index in [0.29, 0.717) is 6.54 Å². The monoisotopic (exact) mass is 378 g/mol. The van der Waals surface area contributed by atoms with Gasteiger partial charge in [-0.2, -0.15) is 0 Å². The normalized spacial score (nSPS) is 25.1. The fourth-order valence-electron chi connectivity index (χ4n) is 4.39. The van der Waals surface area contributed by atoms with Gasteiger partial charge in [0.05, 0.1) is 5.92 Å². The van der Waals surface area contributed by atoms with Gasteiger partial charge < -0.3 is 4.74 Å². The topological polar surface area (TPSA) is 49.9 Å². The molecule has 2 heterocycles. The zero-order valence-electron chi connectivity index (χ0n) is 16.2. The third-order valence-electron chi connectivity index (χ3n) is 5.90. The van der Waals surface area contributed by atoms with Gasteiger partial charge in [0.2, 0.25) is 5.91 Å². The second-order valence-corrected chi connectivity index (χ2v) is 7.67. The minimum absolute atomic E-state index is 0.0984. The van der Waals surface area contributed by atoms with Gasteiger partial charge in [-0.25, -0.2) is 9.69 Å². The maximum Gasteiger partial charge on any atom is 0.417 e. The Bertz CT molecular complexity index is 824. The van der Waals surface area contributed by atoms with E-state index in [1.54, 1.807) is 0 Å². The van der Waals surface area contributed by atoms with Crippen LogP contribution in [0, 0.1) is 11.8 Å². The Kier molecular flexibility index (Phi) is 5.44. The average molecular weight is 378 g/mol. The van der Waals surface area contributed by atoms with Crippen LogP contribution in [-0.2, 0) is 16.1 Å². The molecule has 5 heteroatoms. The first-order valence-electron chi connectivity index (χ1n) is 9.98. The molecule has 0 aromatic heterocycles. The van der Waals surface area contributed by atoms with Gasteiger partial charge in [-0.15, -0.1) is 0 Å². The smallest absolute Gasteiger partial charge is 0.417 e. The SMILES string of the molecule is CC[C@@H]1CN(Cc2ccccc2)C[C@H]1C(=O)N1C(=O)OCC1c1ccccc1. The number of hydrogen-bond acceptors (Lipinski definition) is 4. The van der Waals surface area contributed by atoms with Crippen LogP contribution in [0.5, 0.6) is 0 Å². The number of likely N-dealkylation sites (tertiary alicyclic amines) is 1. The summed E-state index contributed by atoms with van der Waals surface area (Å²) >= 11 is 0. The van der Waals surface area contributed by atoms with Crippen LogP contribution in [0.1, 0.15) is 30.5 Å². The molecule has 0 aliphatic carbocycles. The van der Waals surface area contributed by atoms with Crippen LogP contribution in [0.4, 0.5) is 4.79 Å². The predicted octanol–water partition coefficient (Wildman–Crippen LogP) is 3.86. The zero-order valence-corrected chi connectivity index (χ0v) is 16.2. The number of amides is 2. The summed E-state index contributed by atoms with van der Waals surface area (Å²) in [6.45, 7) is 4.73. The van der Waals surface area contributed by atoms with Gasteiger partial charge in [0, 0.05) is 19.6 Å². The molecule has 28 heavy (non-hydrogen) atoms. The molecule has 0 N–H and O–H groups in total. The van der Waals surface area contributed by atoms with Crippen molar-refractivity contribution >= 4 is 12.0 Å². The van der Waals surface area contributed by atoms with E-state index in [-0.39, 0.29) is 30.4 Å². The Hall–Kier alpha value is -2.66. The summed E-state index contributed by atoms with van der Waals surface area (Å²) in [7, 11) is 0. The predicted molar refractivity (Wildman–Crippen MR) is 106 cm³/mol. The average Bonchev–Trinajstić information content (AvgIpc) is 3.32. The molecule has 2 aromatic rings. The minimum atomic E-state index is -0.518. The van der Waals surface area contributed by atoms with Crippen LogP contribution in [0.3, 0.4) is 0 Å². The van der Waals surface area contributed by atoms with Crippen molar-refractivity contribution in [1.82, 2.24) is 9.80 Å². The van der Waals surface area contributed by atoms with Crippen LogP contribution in [0.15, 0.2) is 60.7 Å². The Morgan fingerprint density at radius 2 is 1.71 bits per heavy atom. The molecule has 2 amide bonds. The Morgan fingerprint density at radius 1 is 1.04 bits per heavy atom. The number of ether oxygens (including phenoxy) is 1. The summed E-state index contributed by atoms with van der Waals surface area (Å²) in [5.74, 6) is -0.0228. The van der Waals surface area contributed by atoms with E-state index in [2.05, 4.69) is 24.0 Å². The minimum Gasteiger partial charge on any atom is -0.446 e. The molecule has 2 aromatic carbocycles. The molecule has 0 spiro atoms. The second kappa shape index (κ2) is 8.15. The van der Waals surface area contributed by atoms with Crippen molar-refractivity contribution in [2.75, 3.05) is 19.7 Å². The van der Waals surface area contributed by atoms with E-state index in [1.165, 1.54) is 10.5 Å². The number of carbonyl (C=O) groups excluding carboxylic acids is 2. The summed E-state index contributed by atoms with van der Waals surface area (Å²) in [6.07, 6.45) is 0.399. The van der Waals surface area contributed by atoms with Crippen molar-refractivity contribution in [3.63, 3.8) is 0 Å². The maximum atomic E-state index is 13.4. The van der Waals surface area contributed by atoms with Crippen LogP contribution in [0.25, 0.3) is 0 Å². The van der Waals surface area contributed by atoms with Crippen molar-refractivity contribution in [3.8, 4) is 0 Å². The van der Waals surface area contributed by atoms with Gasteiger partial charge in [0.15, 0.2) is 0 Å². The Morgan fingerprint density at radius 3 is 2.39 bits per heavy atom. The van der Waals surface area contributed by atoms with Crippen molar-refractivity contribution in [2.45, 2.75) is 25.9 Å². The zero-order chi connectivity index (χ0) is 19.5. The number of carbonyl (C=O) groups is 2. The number of cyclic esters (lactones) is 1. The molecular formula is C23H26N2O3. The Balaban J connectivity index is 1.51. The van der Waals surface area contributed by atoms with E-state index in [9.17, 15) is 9.59 Å². The van der Waals surface area contributed by atoms with Gasteiger partial charge in [0.1, 0.15) is 12.6 Å². The highest BCUT2D eigenvalue weighted by atomic mass is 16.6. The van der Waals surface area contributed by atoms with Crippen molar-refractivity contribution in [1.29, 1.82) is 0 Å². The molecule has 2 aliphatic heterocycles. The van der Waals surface area contributed by atoms with Crippen molar-refractivity contribution in [3.05, 3.63) is 71.8 Å². The molecule has 2 fully saturated rings. The largest absolute Gasteiger partial charge is 0.446 e. The molecule has 0 saturated carbocycles. The summed E-state index contributed by atoms with van der Waals surface area (Å²) < 4.78 is 5.26. The number of benzene rings is 2. The number of hydrogen-bond donors (Lipinski definition) is 0. The van der Waals surface area contributed by atoms with E-state index in [4.69, 9.17) is 4.74 Å². The van der Waals surface area contributed by atoms with Crippen LogP contribution < -0.4 is 0 Å². The fourth-order valence-corrected chi connectivity index (χ4v) is 4.39. The molecule has 3 atom stereocenters. The second-order valence-electron chi connectivity index (χ2n) is 7.67. The van der Waals surface area contributed by atoms with Crippen LogP contribution in [0.2, 0.25) is 0 Å². The molecule has 2 saturated heterocycles. The Labute approximate surface area is 165 Å².